The predicted octanol–water partition coefficient (Wildman–Crippen LogP) is 1.79. The molecule has 0 radical (unpaired) electrons. The van der Waals surface area contributed by atoms with Crippen molar-refractivity contribution in [3.8, 4) is 0 Å². The van der Waals surface area contributed by atoms with Crippen LogP contribution >= 0.6 is 0 Å². The Kier molecular flexibility index (Phi) is 11.0. The highest BCUT2D eigenvalue weighted by molar-refractivity contribution is 5.93. The molecule has 6 N–H and O–H groups in total. The molecule has 2 heterocycles. The highest BCUT2D eigenvalue weighted by Gasteiger charge is 2.37. The molecule has 0 spiro atoms. The fourth-order valence-corrected chi connectivity index (χ4v) is 4.67. The van der Waals surface area contributed by atoms with Crippen molar-refractivity contribution in [3.05, 3.63) is 12.2 Å². The van der Waals surface area contributed by atoms with E-state index in [2.05, 4.69) is 17.6 Å². The number of carbonyl (C=O) groups excluding carboxylic acids is 2. The van der Waals surface area contributed by atoms with Gasteiger partial charge in [-0.3, -0.25) is 14.8 Å². The lowest BCUT2D eigenvalue weighted by atomic mass is 9.94. The van der Waals surface area contributed by atoms with Gasteiger partial charge in [0.15, 0.2) is 0 Å². The molecule has 2 saturated heterocycles. The Balaban J connectivity index is 2.19. The quantitative estimate of drug-likeness (QED) is 0.208. The Hall–Kier alpha value is -2.62. The number of amidine groups is 2. The van der Waals surface area contributed by atoms with Crippen LogP contribution in [0.2, 0.25) is 0 Å². The average Bonchev–Trinajstić information content (AvgIpc) is 3.53. The first-order valence-electron chi connectivity index (χ1n) is 12.8. The van der Waals surface area contributed by atoms with Crippen LogP contribution in [0.3, 0.4) is 0 Å². The Morgan fingerprint density at radius 1 is 1.11 bits per heavy atom. The number of hydrogen-bond donors (Lipinski definition) is 4. The van der Waals surface area contributed by atoms with Gasteiger partial charge in [0.1, 0.15) is 17.7 Å². The first kappa shape index (κ1) is 28.6. The number of nitrogens with zero attached hydrogens (tertiary/aromatic N) is 3. The Labute approximate surface area is 210 Å². The summed E-state index contributed by atoms with van der Waals surface area (Å²) < 4.78 is 4.71. The molecule has 0 aromatic carbocycles. The fraction of sp³-hybridized carbons (Fsp3) is 0.760. The van der Waals surface area contributed by atoms with Crippen LogP contribution in [0.1, 0.15) is 60.3 Å². The summed E-state index contributed by atoms with van der Waals surface area (Å²) in [5.74, 6) is 0.850. The molecule has 1 unspecified atom stereocenters. The zero-order valence-corrected chi connectivity index (χ0v) is 22.2. The molecule has 2 fully saturated rings. The van der Waals surface area contributed by atoms with Gasteiger partial charge in [-0.05, 0) is 52.0 Å². The first-order valence-corrected chi connectivity index (χ1v) is 12.8. The fourth-order valence-electron chi connectivity index (χ4n) is 4.67. The van der Waals surface area contributed by atoms with Crippen molar-refractivity contribution in [2.24, 2.45) is 33.3 Å². The van der Waals surface area contributed by atoms with E-state index in [0.29, 0.717) is 18.2 Å². The average molecular weight is 492 g/mol. The maximum Gasteiger partial charge on any atom is 0.407 e. The van der Waals surface area contributed by atoms with Crippen molar-refractivity contribution < 1.29 is 14.3 Å². The number of amides is 2. The second kappa shape index (κ2) is 13.5. The molecule has 10 heteroatoms. The van der Waals surface area contributed by atoms with E-state index < -0.39 is 12.1 Å². The number of ether oxygens (including phenoxy) is 1. The van der Waals surface area contributed by atoms with E-state index in [0.717, 1.165) is 32.2 Å². The molecule has 0 aliphatic carbocycles. The van der Waals surface area contributed by atoms with Crippen LogP contribution in [-0.4, -0.2) is 79.0 Å². The van der Waals surface area contributed by atoms with Crippen molar-refractivity contribution in [2.45, 2.75) is 90.5 Å². The van der Waals surface area contributed by atoms with Crippen LogP contribution in [0.25, 0.3) is 0 Å². The number of methoxy groups -OCH3 is 1. The van der Waals surface area contributed by atoms with Gasteiger partial charge in [-0.2, -0.15) is 0 Å². The zero-order valence-electron chi connectivity index (χ0n) is 22.2. The number of rotatable bonds is 10. The van der Waals surface area contributed by atoms with Crippen LogP contribution in [0.15, 0.2) is 22.1 Å². The maximum atomic E-state index is 13.3. The summed E-state index contributed by atoms with van der Waals surface area (Å²) in [4.78, 5) is 36.5. The van der Waals surface area contributed by atoms with Crippen molar-refractivity contribution in [3.63, 3.8) is 0 Å². The van der Waals surface area contributed by atoms with Crippen molar-refractivity contribution >= 4 is 23.7 Å². The van der Waals surface area contributed by atoms with Gasteiger partial charge in [-0.25, -0.2) is 4.79 Å². The van der Waals surface area contributed by atoms with Crippen LogP contribution in [-0.2, 0) is 9.53 Å². The summed E-state index contributed by atoms with van der Waals surface area (Å²) >= 11 is 0. The smallest absolute Gasteiger partial charge is 0.407 e. The molecule has 35 heavy (non-hydrogen) atoms. The third kappa shape index (κ3) is 7.68. The Bertz CT molecular complexity index is 805. The summed E-state index contributed by atoms with van der Waals surface area (Å²) in [7, 11) is 1.28. The number of aliphatic imine (C=N–C) groups is 2. The molecule has 6 atom stereocenters. The Morgan fingerprint density at radius 2 is 1.83 bits per heavy atom. The largest absolute Gasteiger partial charge is 0.453 e. The number of hydrogen-bond acceptors (Lipinski definition) is 6. The number of nitrogens with two attached hydrogens (primary N) is 2. The summed E-state index contributed by atoms with van der Waals surface area (Å²) in [5.41, 5.74) is 12.8. The van der Waals surface area contributed by atoms with Gasteiger partial charge < -0.3 is 31.7 Å². The maximum absolute atomic E-state index is 13.3. The van der Waals surface area contributed by atoms with Gasteiger partial charge >= 0.3 is 6.09 Å². The summed E-state index contributed by atoms with van der Waals surface area (Å²) in [6.45, 7) is 11.4. The third-order valence-corrected chi connectivity index (χ3v) is 7.03. The standard InChI is InChI=1S/C25H45N7O3/c1-7-10-18(16(4)17(5)29-22(26)19-11-8-13-28-19)30-23(27)20-12-9-14-32(20)24(33)21(15(2)3)31-25(34)35-6/h7,10,15-21,28H,8-9,11-14H2,1-6H3,(H2,26,29)(H2,27,30)(H,31,34)/b10-7-/t16-,17-,18?,19-,20-,21-/m0/s1. The lowest BCUT2D eigenvalue weighted by Gasteiger charge is -2.31. The summed E-state index contributed by atoms with van der Waals surface area (Å²) in [5, 5.41) is 6.05. The van der Waals surface area contributed by atoms with Gasteiger partial charge in [0.25, 0.3) is 0 Å². The topological polar surface area (TPSA) is 147 Å². The van der Waals surface area contributed by atoms with Gasteiger partial charge in [0.2, 0.25) is 5.91 Å². The molecule has 2 aliphatic rings. The van der Waals surface area contributed by atoms with Crippen LogP contribution in [0, 0.1) is 11.8 Å². The second-order valence-corrected chi connectivity index (χ2v) is 9.92. The molecule has 198 valence electrons. The minimum atomic E-state index is -0.692. The van der Waals surface area contributed by atoms with E-state index >= 15 is 0 Å². The van der Waals surface area contributed by atoms with Gasteiger partial charge in [0.05, 0.1) is 31.3 Å². The van der Waals surface area contributed by atoms with Gasteiger partial charge in [-0.15, -0.1) is 0 Å². The van der Waals surface area contributed by atoms with Crippen LogP contribution < -0.4 is 22.1 Å². The minimum Gasteiger partial charge on any atom is -0.453 e. The van der Waals surface area contributed by atoms with E-state index in [-0.39, 0.29) is 41.9 Å². The molecule has 2 amide bonds. The highest BCUT2D eigenvalue weighted by Crippen LogP contribution is 2.23. The molecule has 2 aliphatic heterocycles. The molecule has 0 aromatic heterocycles. The number of likely N-dealkylation sites (tertiary alicyclic amines) is 1. The third-order valence-electron chi connectivity index (χ3n) is 7.03. The SMILES string of the molecule is C/C=C\C(N=C(N)[C@@H]1CCCN1C(=O)[C@@H](NC(=O)OC)C(C)C)[C@@H](C)[C@H](C)/N=C(\N)[C@@H]1CCCN1. The molecule has 2 rings (SSSR count). The minimum absolute atomic E-state index is 0.0500. The Morgan fingerprint density at radius 3 is 2.40 bits per heavy atom. The van der Waals surface area contributed by atoms with Crippen LogP contribution in [0.4, 0.5) is 4.79 Å². The van der Waals surface area contributed by atoms with Crippen molar-refractivity contribution in [2.75, 3.05) is 20.2 Å². The monoisotopic (exact) mass is 491 g/mol. The number of carbonyl (C=O) groups is 2. The summed E-state index contributed by atoms with van der Waals surface area (Å²) in [6.07, 6.45) is 7.02. The lowest BCUT2D eigenvalue weighted by molar-refractivity contribution is -0.134. The predicted molar refractivity (Wildman–Crippen MR) is 140 cm³/mol. The highest BCUT2D eigenvalue weighted by atomic mass is 16.5. The molecule has 0 saturated carbocycles. The first-order chi connectivity index (χ1) is 16.6. The molecular weight excluding hydrogens is 446 g/mol. The molecular formula is C25H45N7O3. The van der Waals surface area contributed by atoms with E-state index in [1.165, 1.54) is 7.11 Å². The number of nitrogens with one attached hydrogen (secondary N) is 2. The van der Waals surface area contributed by atoms with Crippen molar-refractivity contribution in [1.82, 2.24) is 15.5 Å². The second-order valence-electron chi connectivity index (χ2n) is 9.92. The van der Waals surface area contributed by atoms with Gasteiger partial charge in [0, 0.05) is 12.5 Å². The van der Waals surface area contributed by atoms with Crippen molar-refractivity contribution in [1.29, 1.82) is 0 Å². The lowest BCUT2D eigenvalue weighted by Crippen LogP contribution is -2.54. The van der Waals surface area contributed by atoms with E-state index in [9.17, 15) is 9.59 Å². The molecule has 0 bridgehead atoms. The van der Waals surface area contributed by atoms with E-state index in [1.54, 1.807) is 4.90 Å². The molecule has 0 aromatic rings. The van der Waals surface area contributed by atoms with Crippen LogP contribution in [0.5, 0.6) is 0 Å². The molecule has 10 nitrogen and oxygen atoms in total. The number of allylic oxidation sites excluding steroid dienone is 1. The zero-order chi connectivity index (χ0) is 26.1. The normalized spacial score (nSPS) is 25.1. The summed E-state index contributed by atoms with van der Waals surface area (Å²) in [6, 6.07) is -1.11. The van der Waals surface area contributed by atoms with E-state index in [1.807, 2.05) is 39.8 Å². The van der Waals surface area contributed by atoms with E-state index in [4.69, 9.17) is 26.2 Å². The number of alkyl carbamates (subject to hydrolysis) is 1. The van der Waals surface area contributed by atoms with Gasteiger partial charge in [-0.1, -0.05) is 32.9 Å².